The van der Waals surface area contributed by atoms with Crippen LogP contribution < -0.4 is 16.0 Å². The minimum atomic E-state index is -4.55. The number of amides is 1. The molecule has 11 heteroatoms. The lowest BCUT2D eigenvalue weighted by molar-refractivity contribution is -0.349. The van der Waals surface area contributed by atoms with Crippen LogP contribution in [0.1, 0.15) is 21.7 Å². The van der Waals surface area contributed by atoms with E-state index >= 15 is 0 Å². The number of pyridine rings is 1. The van der Waals surface area contributed by atoms with Crippen molar-refractivity contribution in [2.24, 2.45) is 0 Å². The lowest BCUT2D eigenvalue weighted by Gasteiger charge is -2.08. The number of nitrogens with zero attached hydrogens (tertiary/aromatic N) is 3. The van der Waals surface area contributed by atoms with Gasteiger partial charge in [-0.05, 0) is 22.7 Å². The number of H-pyrrole nitrogens is 2. The fourth-order valence-electron chi connectivity index (χ4n) is 2.08. The summed E-state index contributed by atoms with van der Waals surface area (Å²) in [7, 11) is 0. The molecule has 3 heterocycles. The summed E-state index contributed by atoms with van der Waals surface area (Å²) in [6.45, 7) is -0.115. The molecular weight excluding hydrogens is 327 g/mol. The predicted molar refractivity (Wildman–Crippen MR) is 75.3 cm³/mol. The first-order valence-corrected chi connectivity index (χ1v) is 6.67. The van der Waals surface area contributed by atoms with Crippen LogP contribution in [0.2, 0.25) is 0 Å². The van der Waals surface area contributed by atoms with Gasteiger partial charge in [0.25, 0.3) is 17.9 Å². The molecule has 0 spiro atoms. The number of fused-ring (bicyclic) bond motifs is 1. The van der Waals surface area contributed by atoms with Crippen LogP contribution in [-0.4, -0.2) is 26.1 Å². The minimum absolute atomic E-state index is 0.0260. The summed E-state index contributed by atoms with van der Waals surface area (Å²) in [6, 6.07) is 2.25. The fourth-order valence-corrected chi connectivity index (χ4v) is 2.08. The summed E-state index contributed by atoms with van der Waals surface area (Å²) >= 11 is 0. The van der Waals surface area contributed by atoms with Crippen molar-refractivity contribution in [1.29, 1.82) is 0 Å². The Morgan fingerprint density at radius 3 is 2.92 bits per heavy atom. The number of anilines is 1. The summed E-state index contributed by atoms with van der Waals surface area (Å²) in [5.41, 5.74) is 5.60. The van der Waals surface area contributed by atoms with Gasteiger partial charge in [0.05, 0.1) is 0 Å². The molecule has 0 atom stereocenters. The molecule has 3 rings (SSSR count). The van der Waals surface area contributed by atoms with Gasteiger partial charge >= 0.3 is 6.18 Å². The van der Waals surface area contributed by atoms with Crippen LogP contribution in [-0.2, 0) is 12.7 Å². The van der Waals surface area contributed by atoms with Crippen LogP contribution in [0, 0.1) is 0 Å². The second-order valence-corrected chi connectivity index (χ2v) is 4.84. The number of carbonyl (C=O) groups is 1. The normalized spacial score (nSPS) is 11.6. The van der Waals surface area contributed by atoms with E-state index in [1.165, 1.54) is 12.4 Å². The van der Waals surface area contributed by atoms with Gasteiger partial charge in [0, 0.05) is 12.7 Å². The van der Waals surface area contributed by atoms with E-state index in [1.807, 2.05) is 0 Å². The van der Waals surface area contributed by atoms with Crippen LogP contribution in [0.4, 0.5) is 19.0 Å². The van der Waals surface area contributed by atoms with Gasteiger partial charge in [0.1, 0.15) is 5.69 Å². The van der Waals surface area contributed by atoms with E-state index in [2.05, 4.69) is 30.5 Å². The Balaban J connectivity index is 1.78. The van der Waals surface area contributed by atoms with E-state index in [1.54, 1.807) is 0 Å². The lowest BCUT2D eigenvalue weighted by atomic mass is 10.2. The monoisotopic (exact) mass is 338 g/mol. The Hall–Kier alpha value is -3.24. The van der Waals surface area contributed by atoms with E-state index in [0.29, 0.717) is 11.0 Å². The van der Waals surface area contributed by atoms with Crippen LogP contribution >= 0.6 is 0 Å². The van der Waals surface area contributed by atoms with Crippen molar-refractivity contribution < 1.29 is 22.9 Å². The van der Waals surface area contributed by atoms with Crippen LogP contribution in [0.5, 0.6) is 0 Å². The maximum atomic E-state index is 12.6. The zero-order valence-corrected chi connectivity index (χ0v) is 12.0. The Morgan fingerprint density at radius 2 is 2.17 bits per heavy atom. The maximum Gasteiger partial charge on any atom is 0.433 e. The van der Waals surface area contributed by atoms with Crippen molar-refractivity contribution in [2.75, 3.05) is 5.73 Å². The summed E-state index contributed by atoms with van der Waals surface area (Å²) in [6.07, 6.45) is -2.23. The van der Waals surface area contributed by atoms with Crippen molar-refractivity contribution in [2.45, 2.75) is 12.7 Å². The van der Waals surface area contributed by atoms with E-state index in [0.717, 1.165) is 12.3 Å². The SMILES string of the molecule is Nc1n[nH]c2c(C(=O)NCc3ccnc(C(F)(F)F)c3)nc[nH+]c12. The molecule has 8 nitrogen and oxygen atoms in total. The third-order valence-electron chi connectivity index (χ3n) is 3.22. The second kappa shape index (κ2) is 5.76. The van der Waals surface area contributed by atoms with Crippen molar-refractivity contribution >= 4 is 22.8 Å². The van der Waals surface area contributed by atoms with E-state index in [9.17, 15) is 18.0 Å². The number of aromatic amines is 2. The molecule has 0 bridgehead atoms. The first kappa shape index (κ1) is 15.6. The second-order valence-electron chi connectivity index (χ2n) is 4.84. The summed E-state index contributed by atoms with van der Waals surface area (Å²) in [5, 5.41) is 8.84. The Kier molecular flexibility index (Phi) is 3.75. The number of rotatable bonds is 3. The highest BCUT2D eigenvalue weighted by molar-refractivity contribution is 6.03. The summed E-state index contributed by atoms with van der Waals surface area (Å²) in [4.78, 5) is 22.1. The molecule has 5 N–H and O–H groups in total. The van der Waals surface area contributed by atoms with E-state index < -0.39 is 17.8 Å². The van der Waals surface area contributed by atoms with Gasteiger partial charge in [-0.2, -0.15) is 18.3 Å². The highest BCUT2D eigenvalue weighted by atomic mass is 19.4. The van der Waals surface area contributed by atoms with Gasteiger partial charge in [-0.15, -0.1) is 0 Å². The molecule has 0 fully saturated rings. The van der Waals surface area contributed by atoms with E-state index in [4.69, 9.17) is 5.73 Å². The lowest BCUT2D eigenvalue weighted by Crippen LogP contribution is -2.25. The molecule has 3 aromatic heterocycles. The molecule has 0 aliphatic carbocycles. The Morgan fingerprint density at radius 1 is 1.38 bits per heavy atom. The summed E-state index contributed by atoms with van der Waals surface area (Å²) < 4.78 is 37.9. The van der Waals surface area contributed by atoms with Gasteiger partial charge in [-0.1, -0.05) is 0 Å². The first-order chi connectivity index (χ1) is 11.4. The number of aromatic nitrogens is 5. The molecular formula is C13H11F3N7O+. The number of nitrogen functional groups attached to an aromatic ring is 1. The van der Waals surface area contributed by atoms with Crippen molar-refractivity contribution in [3.05, 3.63) is 41.6 Å². The standard InChI is InChI=1S/C13H10F3N7O/c14-13(15,16)7-3-6(1-2-18-7)4-19-12(24)10-8-9(20-5-21-10)11(17)23-22-8/h1-3,5H,4H2,(H,19,24)(H3,17,22,23)/p+1. The van der Waals surface area contributed by atoms with Gasteiger partial charge in [0.2, 0.25) is 0 Å². The number of nitrogens with two attached hydrogens (primary N) is 1. The molecule has 0 saturated heterocycles. The summed E-state index contributed by atoms with van der Waals surface area (Å²) in [5.74, 6) is -0.409. The first-order valence-electron chi connectivity index (χ1n) is 6.67. The molecule has 0 radical (unpaired) electrons. The predicted octanol–water partition coefficient (Wildman–Crippen LogP) is 0.698. The maximum absolute atomic E-state index is 12.6. The average molecular weight is 338 g/mol. The van der Waals surface area contributed by atoms with Crippen molar-refractivity contribution in [3.8, 4) is 0 Å². The molecule has 0 aliphatic heterocycles. The molecule has 3 aromatic rings. The van der Waals surface area contributed by atoms with Crippen molar-refractivity contribution in [1.82, 2.24) is 25.5 Å². The highest BCUT2D eigenvalue weighted by Crippen LogP contribution is 2.27. The average Bonchev–Trinajstić information content (AvgIpc) is 2.93. The number of hydrogen-bond donors (Lipinski definition) is 3. The zero-order chi connectivity index (χ0) is 17.3. The van der Waals surface area contributed by atoms with Gasteiger partial charge in [-0.25, -0.2) is 4.98 Å². The number of nitrogens with one attached hydrogen (secondary N) is 3. The molecule has 124 valence electrons. The highest BCUT2D eigenvalue weighted by Gasteiger charge is 2.32. The topological polar surface area (TPSA) is 124 Å². The quantitative estimate of drug-likeness (QED) is 0.648. The Labute approximate surface area is 132 Å². The molecule has 0 unspecified atom stereocenters. The molecule has 24 heavy (non-hydrogen) atoms. The molecule has 1 amide bonds. The third-order valence-corrected chi connectivity index (χ3v) is 3.22. The largest absolute Gasteiger partial charge is 0.433 e. The number of alkyl halides is 3. The van der Waals surface area contributed by atoms with Crippen LogP contribution in [0.15, 0.2) is 24.7 Å². The fraction of sp³-hybridized carbons (Fsp3) is 0.154. The number of hydrogen-bond acceptors (Lipinski definition) is 5. The Bertz CT molecular complexity index is 906. The van der Waals surface area contributed by atoms with Gasteiger partial charge in [-0.3, -0.25) is 14.9 Å². The van der Waals surface area contributed by atoms with Crippen LogP contribution in [0.3, 0.4) is 0 Å². The molecule has 0 aromatic carbocycles. The molecule has 0 saturated carbocycles. The van der Waals surface area contributed by atoms with Gasteiger partial charge in [0.15, 0.2) is 16.9 Å². The zero-order valence-electron chi connectivity index (χ0n) is 12.0. The smallest absolute Gasteiger partial charge is 0.379 e. The van der Waals surface area contributed by atoms with E-state index in [-0.39, 0.29) is 23.6 Å². The van der Waals surface area contributed by atoms with Crippen molar-refractivity contribution in [3.63, 3.8) is 0 Å². The minimum Gasteiger partial charge on any atom is -0.379 e. The van der Waals surface area contributed by atoms with Crippen LogP contribution in [0.25, 0.3) is 11.0 Å². The number of halogens is 3. The van der Waals surface area contributed by atoms with Gasteiger partial charge < -0.3 is 11.1 Å². The number of carbonyl (C=O) groups excluding carboxylic acids is 1. The molecule has 0 aliphatic rings. The third kappa shape index (κ3) is 2.95.